The zero-order valence-electron chi connectivity index (χ0n) is 18.4. The van der Waals surface area contributed by atoms with Crippen LogP contribution in [0, 0.1) is 0 Å². The highest BCUT2D eigenvalue weighted by Crippen LogP contribution is 2.44. The van der Waals surface area contributed by atoms with Gasteiger partial charge in [-0.3, -0.25) is 14.6 Å². The number of amides is 2. The lowest BCUT2D eigenvalue weighted by molar-refractivity contribution is -0.137. The van der Waals surface area contributed by atoms with Crippen molar-refractivity contribution >= 4 is 18.0 Å². The number of hydrogen-bond donors (Lipinski definition) is 3. The molecule has 1 aliphatic rings. The molecule has 0 saturated heterocycles. The van der Waals surface area contributed by atoms with Gasteiger partial charge in [-0.15, -0.1) is 0 Å². The number of rotatable bonds is 9. The van der Waals surface area contributed by atoms with Gasteiger partial charge in [0.25, 0.3) is 0 Å². The predicted octanol–water partition coefficient (Wildman–Crippen LogP) is 3.47. The van der Waals surface area contributed by atoms with Crippen molar-refractivity contribution in [1.29, 1.82) is 0 Å². The van der Waals surface area contributed by atoms with Gasteiger partial charge in [0.1, 0.15) is 12.6 Å². The average molecular weight is 460 g/mol. The minimum atomic E-state index is -1.06. The van der Waals surface area contributed by atoms with E-state index < -0.39 is 24.0 Å². The zero-order chi connectivity index (χ0) is 23.9. The third-order valence-electron chi connectivity index (χ3n) is 5.77. The van der Waals surface area contributed by atoms with Crippen molar-refractivity contribution in [1.82, 2.24) is 15.6 Å². The Bertz CT molecular complexity index is 1140. The molecule has 4 rings (SSSR count). The summed E-state index contributed by atoms with van der Waals surface area (Å²) < 4.78 is 5.50. The van der Waals surface area contributed by atoms with E-state index in [1.54, 1.807) is 24.4 Å². The summed E-state index contributed by atoms with van der Waals surface area (Å²) in [5.74, 6) is -1.68. The van der Waals surface area contributed by atoms with E-state index in [0.717, 1.165) is 22.3 Å². The Morgan fingerprint density at radius 2 is 1.59 bits per heavy atom. The van der Waals surface area contributed by atoms with Gasteiger partial charge in [-0.05, 0) is 40.8 Å². The Hall–Kier alpha value is -4.20. The van der Waals surface area contributed by atoms with Gasteiger partial charge in [-0.1, -0.05) is 54.6 Å². The summed E-state index contributed by atoms with van der Waals surface area (Å²) in [5.41, 5.74) is 5.02. The summed E-state index contributed by atoms with van der Waals surface area (Å²) in [6.07, 6.45) is 0.502. The number of fused-ring (bicyclic) bond motifs is 3. The summed E-state index contributed by atoms with van der Waals surface area (Å²) in [6, 6.07) is 20.2. The first-order valence-electron chi connectivity index (χ1n) is 11.0. The topological polar surface area (TPSA) is 118 Å². The fourth-order valence-corrected chi connectivity index (χ4v) is 4.12. The van der Waals surface area contributed by atoms with Crippen LogP contribution in [0.2, 0.25) is 0 Å². The number of benzene rings is 2. The Morgan fingerprint density at radius 3 is 2.21 bits per heavy atom. The third kappa shape index (κ3) is 5.40. The average Bonchev–Trinajstić information content (AvgIpc) is 3.18. The van der Waals surface area contributed by atoms with Crippen LogP contribution in [0.5, 0.6) is 0 Å². The molecule has 3 N–H and O–H groups in total. The van der Waals surface area contributed by atoms with E-state index in [4.69, 9.17) is 9.84 Å². The van der Waals surface area contributed by atoms with E-state index in [1.807, 2.05) is 48.5 Å². The van der Waals surface area contributed by atoms with Gasteiger partial charge in [-0.25, -0.2) is 4.79 Å². The first kappa shape index (κ1) is 23.0. The van der Waals surface area contributed by atoms with Gasteiger partial charge in [-0.2, -0.15) is 0 Å². The van der Waals surface area contributed by atoms with Gasteiger partial charge in [0.2, 0.25) is 5.91 Å². The molecule has 34 heavy (non-hydrogen) atoms. The van der Waals surface area contributed by atoms with Crippen molar-refractivity contribution in [2.24, 2.45) is 0 Å². The van der Waals surface area contributed by atoms with Crippen LogP contribution in [-0.4, -0.2) is 40.7 Å². The number of nitrogens with zero attached hydrogens (tertiary/aromatic N) is 1. The number of carbonyl (C=O) groups excluding carboxylic acids is 2. The lowest BCUT2D eigenvalue weighted by atomic mass is 9.98. The number of ether oxygens (including phenoxy) is 1. The summed E-state index contributed by atoms with van der Waals surface area (Å²) in [7, 11) is 0. The molecule has 0 radical (unpaired) electrons. The summed E-state index contributed by atoms with van der Waals surface area (Å²) >= 11 is 0. The molecule has 1 aliphatic carbocycles. The van der Waals surface area contributed by atoms with Crippen LogP contribution >= 0.6 is 0 Å². The number of alkyl carbamates (subject to hydrolysis) is 1. The Kier molecular flexibility index (Phi) is 7.17. The van der Waals surface area contributed by atoms with Crippen LogP contribution in [0.4, 0.5) is 4.79 Å². The molecule has 8 heteroatoms. The van der Waals surface area contributed by atoms with E-state index in [1.165, 1.54) is 0 Å². The highest BCUT2D eigenvalue weighted by molar-refractivity contribution is 5.86. The number of carbonyl (C=O) groups is 3. The van der Waals surface area contributed by atoms with Gasteiger partial charge in [0.15, 0.2) is 0 Å². The number of pyridine rings is 1. The SMILES string of the molecule is O=C(O)CCC(NC(=O)OCC1c2ccccc2-c2ccccc21)C(=O)NCc1ccccn1. The number of carboxylic acid groups (broad SMARTS) is 1. The monoisotopic (exact) mass is 459 g/mol. The maximum atomic E-state index is 12.7. The maximum Gasteiger partial charge on any atom is 0.407 e. The second kappa shape index (κ2) is 10.6. The molecule has 8 nitrogen and oxygen atoms in total. The van der Waals surface area contributed by atoms with Crippen molar-refractivity contribution in [2.75, 3.05) is 6.61 Å². The molecule has 0 fully saturated rings. The molecule has 174 valence electrons. The largest absolute Gasteiger partial charge is 0.481 e. The quantitative estimate of drug-likeness (QED) is 0.451. The second-order valence-electron chi connectivity index (χ2n) is 7.99. The molecule has 1 unspecified atom stereocenters. The van der Waals surface area contributed by atoms with Crippen molar-refractivity contribution < 1.29 is 24.2 Å². The van der Waals surface area contributed by atoms with E-state index in [9.17, 15) is 14.4 Å². The number of nitrogens with one attached hydrogen (secondary N) is 2. The van der Waals surface area contributed by atoms with E-state index >= 15 is 0 Å². The summed E-state index contributed by atoms with van der Waals surface area (Å²) in [5, 5.41) is 14.2. The van der Waals surface area contributed by atoms with Gasteiger partial charge >= 0.3 is 12.1 Å². The molecule has 1 aromatic heterocycles. The lowest BCUT2D eigenvalue weighted by Gasteiger charge is -2.19. The second-order valence-corrected chi connectivity index (χ2v) is 7.99. The molecule has 0 saturated carbocycles. The predicted molar refractivity (Wildman–Crippen MR) is 125 cm³/mol. The Balaban J connectivity index is 1.39. The number of aromatic nitrogens is 1. The van der Waals surface area contributed by atoms with Crippen molar-refractivity contribution in [2.45, 2.75) is 31.3 Å². The number of aliphatic carboxylic acids is 1. The van der Waals surface area contributed by atoms with Crippen molar-refractivity contribution in [3.63, 3.8) is 0 Å². The highest BCUT2D eigenvalue weighted by Gasteiger charge is 2.30. The highest BCUT2D eigenvalue weighted by atomic mass is 16.5. The van der Waals surface area contributed by atoms with Crippen molar-refractivity contribution in [3.8, 4) is 11.1 Å². The van der Waals surface area contributed by atoms with E-state index in [-0.39, 0.29) is 31.9 Å². The third-order valence-corrected chi connectivity index (χ3v) is 5.77. The van der Waals surface area contributed by atoms with Gasteiger partial charge in [0.05, 0.1) is 12.2 Å². The minimum absolute atomic E-state index is 0.0619. The molecule has 3 aromatic rings. The molecule has 1 atom stereocenters. The molecule has 0 aliphatic heterocycles. The van der Waals surface area contributed by atoms with Crippen LogP contribution < -0.4 is 10.6 Å². The Labute approximate surface area is 197 Å². The summed E-state index contributed by atoms with van der Waals surface area (Å²) in [4.78, 5) is 40.4. The fourth-order valence-electron chi connectivity index (χ4n) is 4.12. The van der Waals surface area contributed by atoms with Crippen LogP contribution in [0.25, 0.3) is 11.1 Å². The lowest BCUT2D eigenvalue weighted by Crippen LogP contribution is -2.47. The number of carboxylic acids is 1. The number of hydrogen-bond acceptors (Lipinski definition) is 5. The first-order chi connectivity index (χ1) is 16.5. The molecule has 2 aromatic carbocycles. The smallest absolute Gasteiger partial charge is 0.407 e. The van der Waals surface area contributed by atoms with Crippen LogP contribution in [0.15, 0.2) is 72.9 Å². The van der Waals surface area contributed by atoms with Crippen LogP contribution in [-0.2, 0) is 20.9 Å². The molecule has 1 heterocycles. The van der Waals surface area contributed by atoms with Crippen LogP contribution in [0.3, 0.4) is 0 Å². The summed E-state index contributed by atoms with van der Waals surface area (Å²) in [6.45, 7) is 0.261. The Morgan fingerprint density at radius 1 is 0.941 bits per heavy atom. The first-order valence-corrected chi connectivity index (χ1v) is 11.0. The molecule has 2 amide bonds. The van der Waals surface area contributed by atoms with Crippen molar-refractivity contribution in [3.05, 3.63) is 89.7 Å². The van der Waals surface area contributed by atoms with E-state index in [2.05, 4.69) is 15.6 Å². The fraction of sp³-hybridized carbons (Fsp3) is 0.231. The van der Waals surface area contributed by atoms with Gasteiger partial charge < -0.3 is 20.5 Å². The van der Waals surface area contributed by atoms with E-state index in [0.29, 0.717) is 5.69 Å². The minimum Gasteiger partial charge on any atom is -0.481 e. The normalized spacial score (nSPS) is 12.8. The zero-order valence-corrected chi connectivity index (χ0v) is 18.4. The molecule has 0 bridgehead atoms. The molecule has 0 spiro atoms. The van der Waals surface area contributed by atoms with Crippen LogP contribution in [0.1, 0.15) is 35.6 Å². The molecular weight excluding hydrogens is 434 g/mol. The maximum absolute atomic E-state index is 12.7. The molecular formula is C26H25N3O5. The standard InChI is InChI=1S/C26H25N3O5/c30-24(31)13-12-23(25(32)28-15-17-7-5-6-14-27-17)29-26(33)34-16-22-20-10-3-1-8-18(20)19-9-2-4-11-21(19)22/h1-11,14,22-23H,12-13,15-16H2,(H,28,32)(H,29,33)(H,30,31). The van der Waals surface area contributed by atoms with Gasteiger partial charge in [0, 0.05) is 18.5 Å².